The van der Waals surface area contributed by atoms with Gasteiger partial charge in [-0.1, -0.05) is 17.7 Å². The van der Waals surface area contributed by atoms with E-state index in [9.17, 15) is 9.59 Å². The monoisotopic (exact) mass is 306 g/mol. The number of primary amides is 1. The SMILES string of the molecule is NC(=O)c1c(Cl)cccc1NC(=O)C1CC1(Cl)Cl. The Morgan fingerprint density at radius 1 is 1.39 bits per heavy atom. The number of carbonyl (C=O) groups is 2. The number of rotatable bonds is 3. The quantitative estimate of drug-likeness (QED) is 0.842. The first-order chi connectivity index (χ1) is 8.33. The maximum absolute atomic E-state index is 11.8. The van der Waals surface area contributed by atoms with E-state index in [2.05, 4.69) is 5.32 Å². The van der Waals surface area contributed by atoms with Crippen LogP contribution in [0.3, 0.4) is 0 Å². The summed E-state index contributed by atoms with van der Waals surface area (Å²) in [5, 5.41) is 2.74. The molecule has 1 aromatic rings. The second kappa shape index (κ2) is 4.61. The number of halogens is 3. The summed E-state index contributed by atoms with van der Waals surface area (Å²) >= 11 is 17.4. The molecular weight excluding hydrogens is 298 g/mol. The van der Waals surface area contributed by atoms with Gasteiger partial charge in [0.05, 0.1) is 22.2 Å². The summed E-state index contributed by atoms with van der Waals surface area (Å²) in [6, 6.07) is 4.66. The van der Waals surface area contributed by atoms with Crippen molar-refractivity contribution < 1.29 is 9.59 Å². The minimum absolute atomic E-state index is 0.0721. The van der Waals surface area contributed by atoms with E-state index in [1.54, 1.807) is 6.07 Å². The molecule has 0 spiro atoms. The van der Waals surface area contributed by atoms with Crippen molar-refractivity contribution in [3.05, 3.63) is 28.8 Å². The number of amides is 2. The van der Waals surface area contributed by atoms with Gasteiger partial charge in [-0.25, -0.2) is 0 Å². The predicted molar refractivity (Wildman–Crippen MR) is 71.1 cm³/mol. The first-order valence-corrected chi connectivity index (χ1v) is 6.23. The van der Waals surface area contributed by atoms with Crippen LogP contribution >= 0.6 is 34.8 Å². The van der Waals surface area contributed by atoms with Crippen molar-refractivity contribution in [1.29, 1.82) is 0 Å². The molecule has 1 aliphatic rings. The van der Waals surface area contributed by atoms with E-state index in [0.717, 1.165) is 0 Å². The fourth-order valence-corrected chi connectivity index (χ4v) is 2.37. The van der Waals surface area contributed by atoms with Crippen LogP contribution in [0.1, 0.15) is 16.8 Å². The van der Waals surface area contributed by atoms with E-state index in [4.69, 9.17) is 40.5 Å². The van der Waals surface area contributed by atoms with E-state index in [1.807, 2.05) is 0 Å². The Bertz CT molecular complexity index is 531. The molecule has 1 atom stereocenters. The lowest BCUT2D eigenvalue weighted by molar-refractivity contribution is -0.117. The third kappa shape index (κ3) is 2.55. The van der Waals surface area contributed by atoms with Crippen LogP contribution in [0.25, 0.3) is 0 Å². The zero-order valence-electron chi connectivity index (χ0n) is 9.04. The number of anilines is 1. The van der Waals surface area contributed by atoms with Crippen molar-refractivity contribution in [2.75, 3.05) is 5.32 Å². The van der Waals surface area contributed by atoms with Crippen LogP contribution in [0.15, 0.2) is 18.2 Å². The molecule has 2 rings (SSSR count). The van der Waals surface area contributed by atoms with Gasteiger partial charge in [0.15, 0.2) is 0 Å². The van der Waals surface area contributed by atoms with Crippen molar-refractivity contribution in [1.82, 2.24) is 0 Å². The second-order valence-electron chi connectivity index (χ2n) is 4.03. The highest BCUT2D eigenvalue weighted by atomic mass is 35.5. The van der Waals surface area contributed by atoms with Gasteiger partial charge in [-0.3, -0.25) is 9.59 Å². The molecule has 0 saturated heterocycles. The van der Waals surface area contributed by atoms with Gasteiger partial charge < -0.3 is 11.1 Å². The lowest BCUT2D eigenvalue weighted by Crippen LogP contribution is -2.21. The molecule has 1 aliphatic carbocycles. The summed E-state index contributed by atoms with van der Waals surface area (Å²) in [5.74, 6) is -1.56. The first-order valence-electron chi connectivity index (χ1n) is 5.10. The number of alkyl halides is 2. The van der Waals surface area contributed by atoms with Crippen LogP contribution in [0, 0.1) is 5.92 Å². The first kappa shape index (κ1) is 13.5. The molecule has 96 valence electrons. The average Bonchev–Trinajstić information content (AvgIpc) is 2.87. The van der Waals surface area contributed by atoms with Crippen molar-refractivity contribution in [3.8, 4) is 0 Å². The van der Waals surface area contributed by atoms with Gasteiger partial charge in [0.1, 0.15) is 4.33 Å². The van der Waals surface area contributed by atoms with Gasteiger partial charge in [-0.2, -0.15) is 0 Å². The number of benzene rings is 1. The second-order valence-corrected chi connectivity index (χ2v) is 5.98. The molecule has 0 aromatic heterocycles. The van der Waals surface area contributed by atoms with Crippen LogP contribution in [-0.4, -0.2) is 16.1 Å². The minimum atomic E-state index is -1.02. The predicted octanol–water partition coefficient (Wildman–Crippen LogP) is 2.57. The Morgan fingerprint density at radius 2 is 2.00 bits per heavy atom. The molecule has 1 fully saturated rings. The smallest absolute Gasteiger partial charge is 0.252 e. The van der Waals surface area contributed by atoms with Crippen LogP contribution < -0.4 is 11.1 Å². The van der Waals surface area contributed by atoms with E-state index in [0.29, 0.717) is 6.42 Å². The summed E-state index contributed by atoms with van der Waals surface area (Å²) in [4.78, 5) is 23.1. The molecule has 1 aromatic carbocycles. The number of carbonyl (C=O) groups excluding carboxylic acids is 2. The average molecular weight is 308 g/mol. The molecule has 1 saturated carbocycles. The summed E-state index contributed by atoms with van der Waals surface area (Å²) in [6.07, 6.45) is 0.383. The van der Waals surface area contributed by atoms with E-state index >= 15 is 0 Å². The van der Waals surface area contributed by atoms with Crippen molar-refractivity contribution in [2.45, 2.75) is 10.8 Å². The molecule has 4 nitrogen and oxygen atoms in total. The molecule has 0 aliphatic heterocycles. The fourth-order valence-electron chi connectivity index (χ4n) is 1.60. The summed E-state index contributed by atoms with van der Waals surface area (Å²) in [7, 11) is 0. The lowest BCUT2D eigenvalue weighted by atomic mass is 10.1. The molecule has 1 unspecified atom stereocenters. The highest BCUT2D eigenvalue weighted by Gasteiger charge is 2.56. The van der Waals surface area contributed by atoms with Crippen molar-refractivity contribution >= 4 is 52.3 Å². The Labute approximate surface area is 118 Å². The minimum Gasteiger partial charge on any atom is -0.365 e. The zero-order valence-corrected chi connectivity index (χ0v) is 11.3. The van der Waals surface area contributed by atoms with Crippen molar-refractivity contribution in [3.63, 3.8) is 0 Å². The molecule has 0 heterocycles. The Morgan fingerprint density at radius 3 is 2.50 bits per heavy atom. The lowest BCUT2D eigenvalue weighted by Gasteiger charge is -2.10. The number of nitrogens with one attached hydrogen (secondary N) is 1. The Hall–Kier alpha value is -0.970. The summed E-state index contributed by atoms with van der Waals surface area (Å²) < 4.78 is -1.02. The number of hydrogen-bond donors (Lipinski definition) is 2. The van der Waals surface area contributed by atoms with Gasteiger partial charge in [0.2, 0.25) is 5.91 Å². The molecule has 18 heavy (non-hydrogen) atoms. The normalized spacial score (nSPS) is 20.3. The van der Waals surface area contributed by atoms with Crippen LogP contribution in [0.5, 0.6) is 0 Å². The zero-order chi connectivity index (χ0) is 13.5. The van der Waals surface area contributed by atoms with E-state index in [1.165, 1.54) is 12.1 Å². The van der Waals surface area contributed by atoms with Crippen LogP contribution in [-0.2, 0) is 4.79 Å². The van der Waals surface area contributed by atoms with Gasteiger partial charge in [0.25, 0.3) is 5.91 Å². The number of nitrogens with two attached hydrogens (primary N) is 1. The van der Waals surface area contributed by atoms with E-state index in [-0.39, 0.29) is 22.2 Å². The third-order valence-corrected chi connectivity index (χ3v) is 3.81. The topological polar surface area (TPSA) is 72.2 Å². The molecule has 2 amide bonds. The Balaban J connectivity index is 2.22. The molecule has 3 N–H and O–H groups in total. The number of hydrogen-bond acceptors (Lipinski definition) is 2. The van der Waals surface area contributed by atoms with Crippen LogP contribution in [0.2, 0.25) is 5.02 Å². The third-order valence-electron chi connectivity index (χ3n) is 2.66. The maximum atomic E-state index is 11.8. The highest BCUT2D eigenvalue weighted by molar-refractivity contribution is 6.52. The largest absolute Gasteiger partial charge is 0.365 e. The molecular formula is C11H9Cl3N2O2. The Kier molecular flexibility index (Phi) is 3.45. The molecule has 0 bridgehead atoms. The van der Waals surface area contributed by atoms with Gasteiger partial charge in [-0.15, -0.1) is 23.2 Å². The highest BCUT2D eigenvalue weighted by Crippen LogP contribution is 2.53. The molecule has 7 heteroatoms. The van der Waals surface area contributed by atoms with Crippen molar-refractivity contribution in [2.24, 2.45) is 11.7 Å². The van der Waals surface area contributed by atoms with Crippen LogP contribution in [0.4, 0.5) is 5.69 Å². The van der Waals surface area contributed by atoms with E-state index < -0.39 is 16.2 Å². The van der Waals surface area contributed by atoms with Gasteiger partial charge in [0, 0.05) is 0 Å². The standard InChI is InChI=1S/C11H9Cl3N2O2/c12-6-2-1-3-7(8(6)9(15)17)16-10(18)5-4-11(5,13)14/h1-3,5H,4H2,(H2,15,17)(H,16,18). The maximum Gasteiger partial charge on any atom is 0.252 e. The summed E-state index contributed by atoms with van der Waals surface area (Å²) in [6.45, 7) is 0. The molecule has 0 radical (unpaired) electrons. The summed E-state index contributed by atoms with van der Waals surface area (Å²) in [5.41, 5.74) is 5.54. The fraction of sp³-hybridized carbons (Fsp3) is 0.273. The van der Waals surface area contributed by atoms with Gasteiger partial charge in [-0.05, 0) is 18.6 Å². The van der Waals surface area contributed by atoms with Gasteiger partial charge >= 0.3 is 0 Å².